The number of anilines is 3. The van der Waals surface area contributed by atoms with Gasteiger partial charge in [-0.15, -0.1) is 5.10 Å². The third-order valence-corrected chi connectivity index (χ3v) is 3.82. The second kappa shape index (κ2) is 7.70. The lowest BCUT2D eigenvalue weighted by Gasteiger charge is -2.22. The highest BCUT2D eigenvalue weighted by molar-refractivity contribution is 5.60. The molecule has 0 saturated heterocycles. The minimum atomic E-state index is -0.250. The van der Waals surface area contributed by atoms with Gasteiger partial charge in [-0.3, -0.25) is 0 Å². The van der Waals surface area contributed by atoms with Crippen molar-refractivity contribution in [3.63, 3.8) is 0 Å². The summed E-state index contributed by atoms with van der Waals surface area (Å²) in [6.45, 7) is 5.39. The van der Waals surface area contributed by atoms with Crippen LogP contribution in [0.15, 0.2) is 54.7 Å². The van der Waals surface area contributed by atoms with Gasteiger partial charge in [0, 0.05) is 18.8 Å². The quantitative estimate of drug-likeness (QED) is 0.734. The van der Waals surface area contributed by atoms with Crippen LogP contribution in [0.4, 0.5) is 21.8 Å². The van der Waals surface area contributed by atoms with Gasteiger partial charge in [-0.1, -0.05) is 24.3 Å². The summed E-state index contributed by atoms with van der Waals surface area (Å²) in [4.78, 5) is 6.62. The zero-order valence-electron chi connectivity index (χ0n) is 14.3. The highest BCUT2D eigenvalue weighted by Crippen LogP contribution is 2.24. The molecule has 0 radical (unpaired) electrons. The van der Waals surface area contributed by atoms with Crippen LogP contribution in [0.25, 0.3) is 0 Å². The normalized spacial score (nSPS) is 10.5. The number of nitrogens with one attached hydrogen (secondary N) is 1. The van der Waals surface area contributed by atoms with Crippen LogP contribution >= 0.6 is 0 Å². The molecule has 5 nitrogen and oxygen atoms in total. The predicted octanol–water partition coefficient (Wildman–Crippen LogP) is 4.09. The molecule has 3 rings (SSSR count). The minimum absolute atomic E-state index is 0.250. The van der Waals surface area contributed by atoms with Crippen LogP contribution < -0.4 is 10.2 Å². The summed E-state index contributed by atoms with van der Waals surface area (Å²) in [5.74, 6) is 0.915. The van der Waals surface area contributed by atoms with Crippen molar-refractivity contribution in [2.75, 3.05) is 16.8 Å². The van der Waals surface area contributed by atoms with Crippen LogP contribution in [-0.2, 0) is 6.54 Å². The van der Waals surface area contributed by atoms with Crippen LogP contribution in [0.1, 0.15) is 18.1 Å². The van der Waals surface area contributed by atoms with Crippen LogP contribution in [0.5, 0.6) is 0 Å². The SMILES string of the molecule is CCN(c1cccc(C)c1)c1cnnc(NCc2ccc(F)cc2)n1. The first kappa shape index (κ1) is 16.8. The molecule has 0 fully saturated rings. The third kappa shape index (κ3) is 4.29. The van der Waals surface area contributed by atoms with E-state index in [1.165, 1.54) is 17.7 Å². The van der Waals surface area contributed by atoms with Crippen molar-refractivity contribution in [2.24, 2.45) is 0 Å². The fourth-order valence-electron chi connectivity index (χ4n) is 2.56. The number of rotatable bonds is 6. The monoisotopic (exact) mass is 337 g/mol. The Balaban J connectivity index is 1.76. The highest BCUT2D eigenvalue weighted by Gasteiger charge is 2.11. The van der Waals surface area contributed by atoms with Gasteiger partial charge in [0.2, 0.25) is 5.95 Å². The molecule has 0 aliphatic rings. The number of nitrogens with zero attached hydrogens (tertiary/aromatic N) is 4. The lowest BCUT2D eigenvalue weighted by Crippen LogP contribution is -2.19. The maximum absolute atomic E-state index is 13.0. The molecule has 6 heteroatoms. The van der Waals surface area contributed by atoms with Crippen molar-refractivity contribution in [3.05, 3.63) is 71.7 Å². The molecule has 3 aromatic rings. The van der Waals surface area contributed by atoms with Crippen molar-refractivity contribution in [1.29, 1.82) is 0 Å². The van der Waals surface area contributed by atoms with Crippen molar-refractivity contribution in [1.82, 2.24) is 15.2 Å². The second-order valence-corrected chi connectivity index (χ2v) is 5.70. The number of benzene rings is 2. The van der Waals surface area contributed by atoms with Crippen molar-refractivity contribution in [3.8, 4) is 0 Å². The van der Waals surface area contributed by atoms with Crippen LogP contribution in [0, 0.1) is 12.7 Å². The first-order valence-electron chi connectivity index (χ1n) is 8.18. The molecule has 0 unspecified atom stereocenters. The molecular weight excluding hydrogens is 317 g/mol. The van der Waals surface area contributed by atoms with E-state index in [0.29, 0.717) is 12.5 Å². The standard InChI is InChI=1S/C19H20FN5/c1-3-25(17-6-4-5-14(2)11-17)18-13-22-24-19(23-18)21-12-15-7-9-16(20)10-8-15/h4-11,13H,3,12H2,1-2H3,(H,21,23,24). The van der Waals surface area contributed by atoms with E-state index in [1.54, 1.807) is 18.3 Å². The number of aryl methyl sites for hydroxylation is 1. The van der Waals surface area contributed by atoms with E-state index in [4.69, 9.17) is 0 Å². The van der Waals surface area contributed by atoms with Gasteiger partial charge in [0.15, 0.2) is 5.82 Å². The largest absolute Gasteiger partial charge is 0.349 e. The van der Waals surface area contributed by atoms with E-state index in [-0.39, 0.29) is 5.82 Å². The van der Waals surface area contributed by atoms with E-state index in [2.05, 4.69) is 51.4 Å². The van der Waals surface area contributed by atoms with E-state index >= 15 is 0 Å². The van der Waals surface area contributed by atoms with Gasteiger partial charge in [-0.05, 0) is 49.2 Å². The molecule has 2 aromatic carbocycles. The first-order valence-corrected chi connectivity index (χ1v) is 8.18. The Hall–Kier alpha value is -3.02. The van der Waals surface area contributed by atoms with Crippen molar-refractivity contribution < 1.29 is 4.39 Å². The van der Waals surface area contributed by atoms with E-state index in [0.717, 1.165) is 23.6 Å². The second-order valence-electron chi connectivity index (χ2n) is 5.70. The Morgan fingerprint density at radius 1 is 1.12 bits per heavy atom. The average molecular weight is 337 g/mol. The topological polar surface area (TPSA) is 53.9 Å². The molecule has 1 heterocycles. The molecule has 1 aromatic heterocycles. The predicted molar refractivity (Wildman–Crippen MR) is 97.4 cm³/mol. The molecule has 0 amide bonds. The molecule has 0 aliphatic carbocycles. The Morgan fingerprint density at radius 3 is 2.64 bits per heavy atom. The molecule has 128 valence electrons. The number of halogens is 1. The zero-order chi connectivity index (χ0) is 17.6. The fraction of sp³-hybridized carbons (Fsp3) is 0.211. The van der Waals surface area contributed by atoms with Crippen LogP contribution in [-0.4, -0.2) is 21.7 Å². The molecule has 0 atom stereocenters. The van der Waals surface area contributed by atoms with Gasteiger partial charge >= 0.3 is 0 Å². The lowest BCUT2D eigenvalue weighted by atomic mass is 10.2. The summed E-state index contributed by atoms with van der Waals surface area (Å²) in [7, 11) is 0. The van der Waals surface area contributed by atoms with Gasteiger partial charge < -0.3 is 10.2 Å². The molecule has 0 aliphatic heterocycles. The third-order valence-electron chi connectivity index (χ3n) is 3.82. The Morgan fingerprint density at radius 2 is 1.92 bits per heavy atom. The highest BCUT2D eigenvalue weighted by atomic mass is 19.1. The summed E-state index contributed by atoms with van der Waals surface area (Å²) in [6.07, 6.45) is 1.65. The minimum Gasteiger partial charge on any atom is -0.349 e. The van der Waals surface area contributed by atoms with Gasteiger partial charge in [0.25, 0.3) is 0 Å². The summed E-state index contributed by atoms with van der Waals surface area (Å²) in [5.41, 5.74) is 3.20. The zero-order valence-corrected chi connectivity index (χ0v) is 14.3. The Bertz CT molecular complexity index is 835. The number of hydrogen-bond donors (Lipinski definition) is 1. The first-order chi connectivity index (χ1) is 12.2. The van der Waals surface area contributed by atoms with Crippen molar-refractivity contribution >= 4 is 17.5 Å². The van der Waals surface area contributed by atoms with Gasteiger partial charge in [-0.25, -0.2) is 4.39 Å². The molecule has 25 heavy (non-hydrogen) atoms. The van der Waals surface area contributed by atoms with Gasteiger partial charge in [-0.2, -0.15) is 10.1 Å². The molecule has 1 N–H and O–H groups in total. The summed E-state index contributed by atoms with van der Waals surface area (Å²) >= 11 is 0. The van der Waals surface area contributed by atoms with E-state index in [9.17, 15) is 4.39 Å². The maximum atomic E-state index is 13.0. The number of aromatic nitrogens is 3. The van der Waals surface area contributed by atoms with Crippen LogP contribution in [0.2, 0.25) is 0 Å². The maximum Gasteiger partial charge on any atom is 0.244 e. The average Bonchev–Trinajstić information content (AvgIpc) is 2.62. The van der Waals surface area contributed by atoms with E-state index in [1.807, 2.05) is 12.1 Å². The lowest BCUT2D eigenvalue weighted by molar-refractivity contribution is 0.627. The van der Waals surface area contributed by atoms with E-state index < -0.39 is 0 Å². The Labute approximate surface area is 146 Å². The number of hydrogen-bond acceptors (Lipinski definition) is 5. The van der Waals surface area contributed by atoms with Gasteiger partial charge in [0.1, 0.15) is 5.82 Å². The summed E-state index contributed by atoms with van der Waals surface area (Å²) < 4.78 is 13.0. The summed E-state index contributed by atoms with van der Waals surface area (Å²) in [5, 5.41) is 11.2. The molecule has 0 saturated carbocycles. The molecule has 0 spiro atoms. The Kier molecular flexibility index (Phi) is 5.18. The fourth-order valence-corrected chi connectivity index (χ4v) is 2.56. The smallest absolute Gasteiger partial charge is 0.244 e. The van der Waals surface area contributed by atoms with Gasteiger partial charge in [0.05, 0.1) is 6.20 Å². The summed E-state index contributed by atoms with van der Waals surface area (Å²) in [6, 6.07) is 14.6. The molecular formula is C19H20FN5. The van der Waals surface area contributed by atoms with Crippen molar-refractivity contribution in [2.45, 2.75) is 20.4 Å². The van der Waals surface area contributed by atoms with Crippen LogP contribution in [0.3, 0.4) is 0 Å². The molecule has 0 bridgehead atoms.